The minimum atomic E-state index is 0.124. The molecule has 0 aliphatic carbocycles. The van der Waals surface area contributed by atoms with Gasteiger partial charge >= 0.3 is 0 Å². The lowest BCUT2D eigenvalue weighted by Gasteiger charge is -2.04. The number of nitrogens with zero attached hydrogens (tertiary/aromatic N) is 1. The summed E-state index contributed by atoms with van der Waals surface area (Å²) in [4.78, 5) is 8.08. The first-order valence-corrected chi connectivity index (χ1v) is 7.94. The molecule has 122 valence electrons. The predicted molar refractivity (Wildman–Crippen MR) is 94.3 cm³/mol. The van der Waals surface area contributed by atoms with Crippen molar-refractivity contribution in [2.45, 2.75) is 6.42 Å². The summed E-state index contributed by atoms with van der Waals surface area (Å²) < 4.78 is 11.4. The summed E-state index contributed by atoms with van der Waals surface area (Å²) in [5, 5.41) is 12.9. The molecular weight excluding hydrogens is 304 g/mol. The number of para-hydroxylation sites is 1. The largest absolute Gasteiger partial charge is 0.497 e. The molecule has 0 amide bonds. The summed E-state index contributed by atoms with van der Waals surface area (Å²) in [5.41, 5.74) is 2.46. The van der Waals surface area contributed by atoms with Crippen molar-refractivity contribution in [1.29, 1.82) is 0 Å². The van der Waals surface area contributed by atoms with Crippen molar-refractivity contribution in [2.24, 2.45) is 4.99 Å². The molecule has 0 spiro atoms. The maximum atomic E-state index is 9.08. The SMILES string of the molecule is COc1ccc2oc3[nH]c4ccccc4c3c(=NCCCO)c2c1. The molecule has 0 saturated carbocycles. The molecule has 24 heavy (non-hydrogen) atoms. The summed E-state index contributed by atoms with van der Waals surface area (Å²) in [6.07, 6.45) is 0.626. The van der Waals surface area contributed by atoms with Gasteiger partial charge in [0, 0.05) is 29.4 Å². The number of H-pyrrole nitrogens is 1. The number of hydrogen-bond acceptors (Lipinski definition) is 4. The number of rotatable bonds is 4. The Kier molecular flexibility index (Phi) is 3.70. The fourth-order valence-corrected chi connectivity index (χ4v) is 3.01. The van der Waals surface area contributed by atoms with Gasteiger partial charge in [-0.15, -0.1) is 0 Å². The van der Waals surface area contributed by atoms with Crippen LogP contribution in [0.25, 0.3) is 33.0 Å². The van der Waals surface area contributed by atoms with E-state index in [0.29, 0.717) is 18.7 Å². The number of aromatic nitrogens is 1. The topological polar surface area (TPSA) is 70.8 Å². The minimum absolute atomic E-state index is 0.124. The van der Waals surface area contributed by atoms with E-state index in [1.165, 1.54) is 0 Å². The molecule has 0 unspecified atom stereocenters. The lowest BCUT2D eigenvalue weighted by Crippen LogP contribution is -2.07. The van der Waals surface area contributed by atoms with Gasteiger partial charge in [-0.05, 0) is 30.7 Å². The summed E-state index contributed by atoms with van der Waals surface area (Å²) in [7, 11) is 1.64. The van der Waals surface area contributed by atoms with Crippen LogP contribution in [0.3, 0.4) is 0 Å². The van der Waals surface area contributed by atoms with E-state index in [1.807, 2.05) is 36.4 Å². The Balaban J connectivity index is 2.16. The summed E-state index contributed by atoms with van der Waals surface area (Å²) in [5.74, 6) is 0.760. The van der Waals surface area contributed by atoms with E-state index < -0.39 is 0 Å². The van der Waals surface area contributed by atoms with Crippen LogP contribution in [-0.4, -0.2) is 30.4 Å². The molecule has 0 aliphatic heterocycles. The normalized spacial score (nSPS) is 12.5. The molecule has 2 heterocycles. The first-order chi connectivity index (χ1) is 11.8. The smallest absolute Gasteiger partial charge is 0.208 e. The van der Waals surface area contributed by atoms with Crippen LogP contribution in [0, 0.1) is 0 Å². The Morgan fingerprint density at radius 1 is 1.17 bits per heavy atom. The zero-order chi connectivity index (χ0) is 16.5. The number of fused-ring (bicyclic) bond motifs is 4. The molecule has 0 atom stereocenters. The van der Waals surface area contributed by atoms with Crippen molar-refractivity contribution < 1.29 is 14.3 Å². The highest BCUT2D eigenvalue weighted by Crippen LogP contribution is 2.27. The molecule has 0 bridgehead atoms. The molecule has 5 heteroatoms. The van der Waals surface area contributed by atoms with Crippen LogP contribution in [0.5, 0.6) is 5.75 Å². The fourth-order valence-electron chi connectivity index (χ4n) is 3.01. The number of methoxy groups -OCH3 is 1. The predicted octanol–water partition coefficient (Wildman–Crippen LogP) is 3.36. The van der Waals surface area contributed by atoms with E-state index in [1.54, 1.807) is 7.11 Å². The lowest BCUT2D eigenvalue weighted by molar-refractivity contribution is 0.291. The lowest BCUT2D eigenvalue weighted by atomic mass is 10.1. The van der Waals surface area contributed by atoms with E-state index in [4.69, 9.17) is 19.3 Å². The first-order valence-electron chi connectivity index (χ1n) is 7.94. The summed E-state index contributed by atoms with van der Waals surface area (Å²) in [6.45, 7) is 0.681. The van der Waals surface area contributed by atoms with E-state index in [2.05, 4.69) is 11.1 Å². The van der Waals surface area contributed by atoms with Crippen LogP contribution in [0.4, 0.5) is 0 Å². The number of aliphatic hydroxyl groups is 1. The molecule has 0 radical (unpaired) electrons. The van der Waals surface area contributed by atoms with Crippen LogP contribution in [-0.2, 0) is 0 Å². The van der Waals surface area contributed by atoms with Crippen LogP contribution in [0.2, 0.25) is 0 Å². The third-order valence-electron chi connectivity index (χ3n) is 4.15. The third kappa shape index (κ3) is 2.34. The van der Waals surface area contributed by atoms with Gasteiger partial charge in [-0.1, -0.05) is 18.2 Å². The quantitative estimate of drug-likeness (QED) is 0.566. The van der Waals surface area contributed by atoms with E-state index >= 15 is 0 Å². The Morgan fingerprint density at radius 3 is 2.88 bits per heavy atom. The Bertz CT molecular complexity index is 1090. The second-order valence-electron chi connectivity index (χ2n) is 5.65. The second-order valence-corrected chi connectivity index (χ2v) is 5.65. The van der Waals surface area contributed by atoms with Crippen molar-refractivity contribution in [1.82, 2.24) is 4.98 Å². The summed E-state index contributed by atoms with van der Waals surface area (Å²) in [6, 6.07) is 13.8. The van der Waals surface area contributed by atoms with Crippen molar-refractivity contribution in [3.05, 3.63) is 47.8 Å². The summed E-state index contributed by atoms with van der Waals surface area (Å²) >= 11 is 0. The maximum Gasteiger partial charge on any atom is 0.208 e. The number of ether oxygens (including phenoxy) is 1. The highest BCUT2D eigenvalue weighted by atomic mass is 16.5. The van der Waals surface area contributed by atoms with Gasteiger partial charge in [0.05, 0.1) is 17.9 Å². The van der Waals surface area contributed by atoms with Gasteiger partial charge < -0.3 is 19.2 Å². The van der Waals surface area contributed by atoms with E-state index in [-0.39, 0.29) is 6.61 Å². The standard InChI is InChI=1S/C19H18N2O3/c1-23-12-7-8-16-14(11-12)18(20-9-4-10-22)17-13-5-2-3-6-15(13)21-19(17)24-16/h2-3,5-8,11,21-22H,4,9-10H2,1H3. The highest BCUT2D eigenvalue weighted by molar-refractivity contribution is 6.07. The zero-order valence-corrected chi connectivity index (χ0v) is 13.4. The van der Waals surface area contributed by atoms with Gasteiger partial charge in [-0.3, -0.25) is 4.99 Å². The van der Waals surface area contributed by atoms with Crippen molar-refractivity contribution in [3.8, 4) is 5.75 Å². The van der Waals surface area contributed by atoms with E-state index in [0.717, 1.165) is 38.4 Å². The number of aliphatic hydroxyl groups excluding tert-OH is 1. The molecule has 4 rings (SSSR count). The van der Waals surface area contributed by atoms with E-state index in [9.17, 15) is 0 Å². The molecule has 2 aromatic heterocycles. The number of aromatic amines is 1. The van der Waals surface area contributed by atoms with Crippen LogP contribution in [0.15, 0.2) is 51.9 Å². The highest BCUT2D eigenvalue weighted by Gasteiger charge is 2.12. The monoisotopic (exact) mass is 322 g/mol. The van der Waals surface area contributed by atoms with Gasteiger partial charge in [0.1, 0.15) is 11.3 Å². The molecule has 0 aliphatic rings. The van der Waals surface area contributed by atoms with Gasteiger partial charge in [-0.2, -0.15) is 0 Å². The molecule has 0 fully saturated rings. The number of benzene rings is 2. The number of nitrogens with one attached hydrogen (secondary N) is 1. The van der Waals surface area contributed by atoms with Crippen molar-refractivity contribution >= 4 is 33.0 Å². The molecule has 4 aromatic rings. The Hall–Kier alpha value is -2.79. The van der Waals surface area contributed by atoms with Crippen molar-refractivity contribution in [3.63, 3.8) is 0 Å². The Labute approximate surface area is 138 Å². The fraction of sp³-hybridized carbons (Fsp3) is 0.211. The molecule has 0 saturated heterocycles. The van der Waals surface area contributed by atoms with Gasteiger partial charge in [0.15, 0.2) is 0 Å². The van der Waals surface area contributed by atoms with Gasteiger partial charge in [0.2, 0.25) is 5.71 Å². The van der Waals surface area contributed by atoms with Gasteiger partial charge in [-0.25, -0.2) is 0 Å². The first kappa shape index (κ1) is 14.8. The molecule has 2 aromatic carbocycles. The zero-order valence-electron chi connectivity index (χ0n) is 13.4. The van der Waals surface area contributed by atoms with Crippen LogP contribution in [0.1, 0.15) is 6.42 Å². The minimum Gasteiger partial charge on any atom is -0.497 e. The second kappa shape index (κ2) is 6.02. The van der Waals surface area contributed by atoms with Crippen molar-refractivity contribution in [2.75, 3.05) is 20.3 Å². The third-order valence-corrected chi connectivity index (χ3v) is 4.15. The van der Waals surface area contributed by atoms with Gasteiger partial charge in [0.25, 0.3) is 0 Å². The van der Waals surface area contributed by atoms with Crippen LogP contribution < -0.4 is 10.1 Å². The Morgan fingerprint density at radius 2 is 2.04 bits per heavy atom. The molecule has 2 N–H and O–H groups in total. The average molecular weight is 322 g/mol. The average Bonchev–Trinajstić information content (AvgIpc) is 2.99. The number of hydrogen-bond donors (Lipinski definition) is 2. The van der Waals surface area contributed by atoms with Crippen LogP contribution >= 0.6 is 0 Å². The maximum absolute atomic E-state index is 9.08. The molecule has 5 nitrogen and oxygen atoms in total. The molecular formula is C19H18N2O3.